The Morgan fingerprint density at radius 1 is 1.08 bits per heavy atom. The zero-order valence-electron chi connectivity index (χ0n) is 24.6. The van der Waals surface area contributed by atoms with Gasteiger partial charge in [0, 0.05) is 30.5 Å². The van der Waals surface area contributed by atoms with Crippen molar-refractivity contribution < 1.29 is 58.8 Å². The number of thiazole rings is 1. The molecule has 7 N–H and O–H groups in total. The first kappa shape index (κ1) is 32.2. The zero-order valence-corrected chi connectivity index (χ0v) is 25.4. The molecule has 48 heavy (non-hydrogen) atoms. The van der Waals surface area contributed by atoms with Crippen LogP contribution in [-0.2, 0) is 38.4 Å². The normalized spacial score (nSPS) is 24.1. The van der Waals surface area contributed by atoms with Gasteiger partial charge in [0.2, 0.25) is 5.60 Å². The number of hydrogen-bond donors (Lipinski definition) is 6. The quantitative estimate of drug-likeness (QED) is 0.0919. The first-order chi connectivity index (χ1) is 22.8. The number of ether oxygens (including phenoxy) is 1. The van der Waals surface area contributed by atoms with Gasteiger partial charge in [-0.2, -0.15) is 5.06 Å². The number of hydroxylamine groups is 2. The van der Waals surface area contributed by atoms with Gasteiger partial charge >= 0.3 is 29.3 Å². The lowest BCUT2D eigenvalue weighted by Crippen LogP contribution is -2.57. The minimum Gasteiger partial charge on any atom is -0.504 e. The molecule has 0 bridgehead atoms. The molecular formula is C27H27N7O13S. The molecule has 2 unspecified atom stereocenters. The van der Waals surface area contributed by atoms with Crippen LogP contribution in [-0.4, -0.2) is 98.8 Å². The third-order valence-corrected chi connectivity index (χ3v) is 8.97. The predicted octanol–water partition coefficient (Wildman–Crippen LogP) is -0.713. The van der Waals surface area contributed by atoms with Gasteiger partial charge in [0.25, 0.3) is 11.8 Å². The molecule has 2 amide bonds. The average molecular weight is 690 g/mol. The predicted molar refractivity (Wildman–Crippen MR) is 157 cm³/mol. The molecule has 1 saturated carbocycles. The molecule has 20 nitrogen and oxygen atoms in total. The van der Waals surface area contributed by atoms with Crippen LogP contribution in [0.5, 0.6) is 11.5 Å². The van der Waals surface area contributed by atoms with Gasteiger partial charge in [-0.3, -0.25) is 23.4 Å². The summed E-state index contributed by atoms with van der Waals surface area (Å²) >= 11 is 0.952. The highest BCUT2D eigenvalue weighted by Crippen LogP contribution is 2.40. The minimum atomic E-state index is -2.77. The van der Waals surface area contributed by atoms with Crippen LogP contribution < -0.4 is 16.7 Å². The maximum atomic E-state index is 13.5. The number of amides is 2. The summed E-state index contributed by atoms with van der Waals surface area (Å²) in [7, 11) is 0. The number of oxime groups is 1. The van der Waals surface area contributed by atoms with Gasteiger partial charge in [-0.25, -0.2) is 24.2 Å². The number of imidazole rings is 1. The molecule has 3 aliphatic rings. The summed E-state index contributed by atoms with van der Waals surface area (Å²) in [6.07, 6.45) is 3.38. The van der Waals surface area contributed by atoms with Crippen molar-refractivity contribution in [3.63, 3.8) is 0 Å². The van der Waals surface area contributed by atoms with Crippen LogP contribution in [0.25, 0.3) is 5.52 Å². The van der Waals surface area contributed by atoms with Crippen molar-refractivity contribution in [2.75, 3.05) is 12.3 Å². The van der Waals surface area contributed by atoms with Gasteiger partial charge in [0.05, 0.1) is 18.1 Å². The molecule has 3 aromatic heterocycles. The highest BCUT2D eigenvalue weighted by molar-refractivity contribution is 7.13. The fourth-order valence-electron chi connectivity index (χ4n) is 5.77. The standard InChI is InChI=1S/C27H27N7O13S/c28-24-30-14(11-48-24)18(31-47-26(22(40)41)4-2-1-3-5-26)19(37)29-13-10-45-34(20(13)38)27(23(42)43)7-15(21(39)46-27)33-8-12-6-16(35)17(36)9-32(12)25(33)44/h6,8-9,11,13,15,35-36H,1-5,7,10H2,(H2,28,30)(H,29,37)(H,40,41)(H,42,43)/b31-18-/t13-,15?,27?/m0/s1. The molecule has 254 valence electrons. The number of hydrogen-bond acceptors (Lipinski definition) is 15. The number of pyridine rings is 1. The number of rotatable bonds is 9. The number of aliphatic carboxylic acids is 2. The lowest BCUT2D eigenvalue weighted by molar-refractivity contribution is -0.256. The molecule has 3 fully saturated rings. The van der Waals surface area contributed by atoms with E-state index in [1.54, 1.807) is 0 Å². The van der Waals surface area contributed by atoms with E-state index in [0.717, 1.165) is 45.2 Å². The maximum Gasteiger partial charge on any atom is 0.372 e. The van der Waals surface area contributed by atoms with E-state index in [-0.39, 0.29) is 34.2 Å². The van der Waals surface area contributed by atoms with E-state index in [1.165, 1.54) is 5.38 Å². The zero-order chi connectivity index (χ0) is 34.5. The summed E-state index contributed by atoms with van der Waals surface area (Å²) < 4.78 is 6.90. The smallest absolute Gasteiger partial charge is 0.372 e. The van der Waals surface area contributed by atoms with Crippen LogP contribution in [0.3, 0.4) is 0 Å². The number of carboxylic acids is 2. The molecule has 0 radical (unpaired) electrons. The SMILES string of the molecule is Nc1nc(/C(=N/OC2(C(=O)O)CCCCC2)C(=O)N[C@H]2CON(C3(C(=O)O)CC(n4cc5cc(O)c(O)cn5c4=O)C(=O)O3)C2=O)cs1. The van der Waals surface area contributed by atoms with Gasteiger partial charge in [-0.15, -0.1) is 11.3 Å². The van der Waals surface area contributed by atoms with Crippen molar-refractivity contribution >= 4 is 57.4 Å². The monoisotopic (exact) mass is 689 g/mol. The molecule has 6 rings (SSSR count). The van der Waals surface area contributed by atoms with Crippen molar-refractivity contribution in [1.29, 1.82) is 0 Å². The van der Waals surface area contributed by atoms with Crippen LogP contribution in [0.4, 0.5) is 5.13 Å². The van der Waals surface area contributed by atoms with Gasteiger partial charge in [-0.1, -0.05) is 11.6 Å². The molecule has 21 heteroatoms. The lowest BCUT2D eigenvalue weighted by Gasteiger charge is -2.30. The Kier molecular flexibility index (Phi) is 7.95. The Balaban J connectivity index is 1.24. The number of anilines is 1. The van der Waals surface area contributed by atoms with Crippen molar-refractivity contribution in [1.82, 2.24) is 24.3 Å². The second-order valence-electron chi connectivity index (χ2n) is 11.3. The van der Waals surface area contributed by atoms with Gasteiger partial charge < -0.3 is 41.1 Å². The largest absolute Gasteiger partial charge is 0.504 e. The Bertz CT molecular complexity index is 1940. The van der Waals surface area contributed by atoms with E-state index in [9.17, 15) is 49.2 Å². The van der Waals surface area contributed by atoms with Gasteiger partial charge in [-0.05, 0) is 12.8 Å². The topological polar surface area (TPSA) is 287 Å². The number of nitrogens with zero attached hydrogens (tertiary/aromatic N) is 5. The number of aromatic hydroxyl groups is 2. The second kappa shape index (κ2) is 11.8. The molecule has 3 aromatic rings. The number of fused-ring (bicyclic) bond motifs is 1. The molecule has 0 spiro atoms. The van der Waals surface area contributed by atoms with Crippen molar-refractivity contribution in [2.24, 2.45) is 5.16 Å². The molecule has 3 atom stereocenters. The first-order valence-corrected chi connectivity index (χ1v) is 15.2. The third kappa shape index (κ3) is 5.31. The van der Waals surface area contributed by atoms with Crippen LogP contribution in [0, 0.1) is 0 Å². The summed E-state index contributed by atoms with van der Waals surface area (Å²) in [5.41, 5.74) is -0.191. The number of carbonyl (C=O) groups is 5. The highest BCUT2D eigenvalue weighted by Gasteiger charge is 2.63. The summed E-state index contributed by atoms with van der Waals surface area (Å²) in [6, 6.07) is -2.10. The Labute approximate surface area is 271 Å². The Morgan fingerprint density at radius 3 is 2.46 bits per heavy atom. The molecule has 2 aliphatic heterocycles. The number of nitrogens with two attached hydrogens (primary N) is 1. The summed E-state index contributed by atoms with van der Waals surface area (Å²) in [4.78, 5) is 92.4. The lowest BCUT2D eigenvalue weighted by atomic mass is 9.85. The number of esters is 1. The minimum absolute atomic E-state index is 0.0485. The molecule has 1 aliphatic carbocycles. The number of aromatic nitrogens is 3. The van der Waals surface area contributed by atoms with Crippen molar-refractivity contribution in [3.05, 3.63) is 40.0 Å². The van der Waals surface area contributed by atoms with E-state index in [4.69, 9.17) is 20.1 Å². The van der Waals surface area contributed by atoms with Gasteiger partial charge in [0.1, 0.15) is 24.4 Å². The summed E-state index contributed by atoms with van der Waals surface area (Å²) in [5.74, 6) is -7.71. The average Bonchev–Trinajstić information content (AvgIpc) is 3.80. The molecule has 5 heterocycles. The Hall–Kier alpha value is -5.70. The van der Waals surface area contributed by atoms with Gasteiger partial charge in [0.15, 0.2) is 22.3 Å². The van der Waals surface area contributed by atoms with E-state index in [1.807, 2.05) is 0 Å². The van der Waals surface area contributed by atoms with Crippen LogP contribution >= 0.6 is 11.3 Å². The number of carboxylic acid groups (broad SMARTS) is 2. The number of nitrogen functional groups attached to an aromatic ring is 1. The van der Waals surface area contributed by atoms with Crippen LogP contribution in [0.2, 0.25) is 0 Å². The number of cyclic esters (lactones) is 1. The Morgan fingerprint density at radius 2 is 1.81 bits per heavy atom. The fourth-order valence-corrected chi connectivity index (χ4v) is 6.32. The molecule has 2 saturated heterocycles. The van der Waals surface area contributed by atoms with E-state index in [2.05, 4.69) is 15.5 Å². The second-order valence-corrected chi connectivity index (χ2v) is 12.2. The summed E-state index contributed by atoms with van der Waals surface area (Å²) in [5, 5.41) is 47.5. The van der Waals surface area contributed by atoms with E-state index in [0.29, 0.717) is 12.8 Å². The van der Waals surface area contributed by atoms with Crippen LogP contribution in [0.15, 0.2) is 33.8 Å². The van der Waals surface area contributed by atoms with Crippen LogP contribution in [0.1, 0.15) is 50.3 Å². The van der Waals surface area contributed by atoms with Crippen molar-refractivity contribution in [3.8, 4) is 11.5 Å². The third-order valence-electron chi connectivity index (χ3n) is 8.30. The molecule has 0 aromatic carbocycles. The molecular weight excluding hydrogens is 662 g/mol. The summed E-state index contributed by atoms with van der Waals surface area (Å²) in [6.45, 7) is -0.622. The van der Waals surface area contributed by atoms with E-state index >= 15 is 0 Å². The fraction of sp³-hybridized carbons (Fsp3) is 0.407. The van der Waals surface area contributed by atoms with E-state index < -0.39 is 89.1 Å². The maximum absolute atomic E-state index is 13.5. The first-order valence-electron chi connectivity index (χ1n) is 14.4. The van der Waals surface area contributed by atoms with Crippen molar-refractivity contribution in [2.45, 2.75) is 61.9 Å². The highest BCUT2D eigenvalue weighted by atomic mass is 32.1. The number of nitrogens with one attached hydrogen (secondary N) is 1. The number of carbonyl (C=O) groups excluding carboxylic acids is 3.